The minimum Gasteiger partial charge on any atom is -0.543 e. The highest BCUT2D eigenvalue weighted by Crippen LogP contribution is 2.38. The lowest BCUT2D eigenvalue weighted by Gasteiger charge is -2.36. The summed E-state index contributed by atoms with van der Waals surface area (Å²) >= 11 is 0. The molecule has 4 heteroatoms. The highest BCUT2D eigenvalue weighted by atomic mass is 28.4. The molecule has 2 rings (SSSR count). The number of rotatable bonds is 2. The maximum Gasteiger partial charge on any atom is 0.250 e. The summed E-state index contributed by atoms with van der Waals surface area (Å²) < 4.78 is 8.26. The van der Waals surface area contributed by atoms with E-state index in [2.05, 4.69) is 57.2 Å². The van der Waals surface area contributed by atoms with Crippen LogP contribution in [0.5, 0.6) is 5.75 Å². The molecule has 1 heterocycles. The monoisotopic (exact) mass is 276 g/mol. The Balaban J connectivity index is 2.40. The smallest absolute Gasteiger partial charge is 0.250 e. The first-order chi connectivity index (χ1) is 8.62. The molecule has 0 aliphatic heterocycles. The summed E-state index contributed by atoms with van der Waals surface area (Å²) in [4.78, 5) is 0. The molecule has 0 bridgehead atoms. The Morgan fingerprint density at radius 1 is 1.21 bits per heavy atom. The summed E-state index contributed by atoms with van der Waals surface area (Å²) in [5.74, 6) is 0.968. The average Bonchev–Trinajstić information content (AvgIpc) is 2.52. The zero-order chi connectivity index (χ0) is 14.4. The predicted molar refractivity (Wildman–Crippen MR) is 83.3 cm³/mol. The molecule has 0 saturated carbocycles. The van der Waals surface area contributed by atoms with Crippen LogP contribution in [0.15, 0.2) is 18.2 Å². The van der Waals surface area contributed by atoms with Gasteiger partial charge >= 0.3 is 0 Å². The molecule has 3 nitrogen and oxygen atoms in total. The van der Waals surface area contributed by atoms with E-state index in [1.807, 2.05) is 18.7 Å². The molecule has 0 unspecified atom stereocenters. The van der Waals surface area contributed by atoms with Gasteiger partial charge in [0, 0.05) is 12.4 Å². The van der Waals surface area contributed by atoms with E-state index in [0.29, 0.717) is 0 Å². The van der Waals surface area contributed by atoms with E-state index in [1.54, 1.807) is 0 Å². The largest absolute Gasteiger partial charge is 0.543 e. The third kappa shape index (κ3) is 2.54. The molecule has 1 aromatic heterocycles. The van der Waals surface area contributed by atoms with Crippen molar-refractivity contribution in [2.45, 2.75) is 45.8 Å². The van der Waals surface area contributed by atoms with Gasteiger partial charge in [0.25, 0.3) is 0 Å². The van der Waals surface area contributed by atoms with Crippen molar-refractivity contribution >= 4 is 19.2 Å². The van der Waals surface area contributed by atoms with Gasteiger partial charge in [-0.15, -0.1) is 0 Å². The minimum atomic E-state index is -1.77. The van der Waals surface area contributed by atoms with Gasteiger partial charge in [0.2, 0.25) is 8.32 Å². The van der Waals surface area contributed by atoms with E-state index < -0.39 is 8.32 Å². The Morgan fingerprint density at radius 2 is 1.84 bits per heavy atom. The van der Waals surface area contributed by atoms with Gasteiger partial charge < -0.3 is 4.43 Å². The Kier molecular flexibility index (Phi) is 3.25. The van der Waals surface area contributed by atoms with Crippen LogP contribution in [0.3, 0.4) is 0 Å². The lowest BCUT2D eigenvalue weighted by Crippen LogP contribution is -2.43. The van der Waals surface area contributed by atoms with Crippen LogP contribution in [-0.4, -0.2) is 18.1 Å². The predicted octanol–water partition coefficient (Wildman–Crippen LogP) is 4.27. The van der Waals surface area contributed by atoms with Crippen LogP contribution in [0.1, 0.15) is 26.5 Å². The Labute approximate surface area is 116 Å². The van der Waals surface area contributed by atoms with Crippen LogP contribution in [0.2, 0.25) is 18.1 Å². The van der Waals surface area contributed by atoms with Gasteiger partial charge in [-0.2, -0.15) is 5.10 Å². The number of benzene rings is 1. The quantitative estimate of drug-likeness (QED) is 0.766. The van der Waals surface area contributed by atoms with Crippen LogP contribution in [0.4, 0.5) is 0 Å². The molecule has 0 spiro atoms. The molecule has 0 aliphatic rings. The second-order valence-electron chi connectivity index (χ2n) is 6.75. The van der Waals surface area contributed by atoms with E-state index in [-0.39, 0.29) is 5.04 Å². The molecule has 2 aromatic rings. The molecule has 0 aliphatic carbocycles. The number of aromatic nitrogens is 2. The molecule has 19 heavy (non-hydrogen) atoms. The third-order valence-electron chi connectivity index (χ3n) is 4.19. The maximum absolute atomic E-state index is 6.34. The Morgan fingerprint density at radius 3 is 2.42 bits per heavy atom. The highest BCUT2D eigenvalue weighted by molar-refractivity contribution is 6.74. The zero-order valence-corrected chi connectivity index (χ0v) is 14.0. The van der Waals surface area contributed by atoms with Gasteiger partial charge in [0.15, 0.2) is 0 Å². The first-order valence-corrected chi connectivity index (χ1v) is 9.65. The van der Waals surface area contributed by atoms with Crippen molar-refractivity contribution in [1.82, 2.24) is 9.78 Å². The van der Waals surface area contributed by atoms with E-state index in [1.165, 1.54) is 5.39 Å². The number of fused-ring (bicyclic) bond motifs is 1. The molecule has 0 atom stereocenters. The maximum atomic E-state index is 6.34. The molecule has 0 saturated heterocycles. The van der Waals surface area contributed by atoms with Gasteiger partial charge in [0.05, 0.1) is 11.2 Å². The molecule has 0 radical (unpaired) electrons. The molecular weight excluding hydrogens is 252 g/mol. The molecule has 1 aromatic carbocycles. The first kappa shape index (κ1) is 14.1. The van der Waals surface area contributed by atoms with Gasteiger partial charge in [-0.25, -0.2) is 0 Å². The zero-order valence-electron chi connectivity index (χ0n) is 13.0. The molecule has 0 N–H and O–H groups in total. The second kappa shape index (κ2) is 4.37. The number of nitrogens with zero attached hydrogens (tertiary/aromatic N) is 2. The van der Waals surface area contributed by atoms with Gasteiger partial charge in [-0.3, -0.25) is 4.68 Å². The fraction of sp³-hybridized carbons (Fsp3) is 0.533. The minimum absolute atomic E-state index is 0.214. The van der Waals surface area contributed by atoms with Crippen LogP contribution < -0.4 is 4.43 Å². The van der Waals surface area contributed by atoms with E-state index in [9.17, 15) is 0 Å². The van der Waals surface area contributed by atoms with Crippen molar-refractivity contribution in [2.75, 3.05) is 0 Å². The van der Waals surface area contributed by atoms with Gasteiger partial charge in [-0.05, 0) is 43.3 Å². The summed E-state index contributed by atoms with van der Waals surface area (Å²) in [7, 11) is 0.205. The van der Waals surface area contributed by atoms with Crippen molar-refractivity contribution in [3.8, 4) is 5.75 Å². The van der Waals surface area contributed by atoms with E-state index in [0.717, 1.165) is 17.0 Å². The Bertz CT molecular complexity index is 608. The lowest BCUT2D eigenvalue weighted by atomic mass is 10.2. The van der Waals surface area contributed by atoms with E-state index >= 15 is 0 Å². The van der Waals surface area contributed by atoms with Crippen molar-refractivity contribution in [2.24, 2.45) is 7.05 Å². The summed E-state index contributed by atoms with van der Waals surface area (Å²) in [5, 5.41) is 5.84. The van der Waals surface area contributed by atoms with Crippen LogP contribution in [0.25, 0.3) is 10.9 Å². The van der Waals surface area contributed by atoms with Crippen molar-refractivity contribution in [1.29, 1.82) is 0 Å². The summed E-state index contributed by atoms with van der Waals surface area (Å²) in [6, 6.07) is 6.28. The standard InChI is InChI=1S/C15H24N2OSi/c1-11-13-10-12(8-9-14(13)17(5)16-11)18-19(6,7)15(2,3)4/h8-10H,1-7H3. The van der Waals surface area contributed by atoms with Crippen molar-refractivity contribution in [3.05, 3.63) is 23.9 Å². The highest BCUT2D eigenvalue weighted by Gasteiger charge is 2.39. The summed E-state index contributed by atoms with van der Waals surface area (Å²) in [5.41, 5.74) is 2.21. The van der Waals surface area contributed by atoms with Gasteiger partial charge in [-0.1, -0.05) is 20.8 Å². The first-order valence-electron chi connectivity index (χ1n) is 6.74. The topological polar surface area (TPSA) is 27.1 Å². The normalized spacial score (nSPS) is 13.0. The molecule has 0 fully saturated rings. The second-order valence-corrected chi connectivity index (χ2v) is 11.5. The summed E-state index contributed by atoms with van der Waals surface area (Å²) in [6.45, 7) is 13.4. The molecular formula is C15H24N2OSi. The van der Waals surface area contributed by atoms with Crippen LogP contribution in [0, 0.1) is 6.92 Å². The number of hydrogen-bond acceptors (Lipinski definition) is 2. The summed E-state index contributed by atoms with van der Waals surface area (Å²) in [6.07, 6.45) is 0. The van der Waals surface area contributed by atoms with Crippen molar-refractivity contribution in [3.63, 3.8) is 0 Å². The van der Waals surface area contributed by atoms with Crippen LogP contribution in [-0.2, 0) is 7.05 Å². The third-order valence-corrected chi connectivity index (χ3v) is 8.54. The van der Waals surface area contributed by atoms with E-state index in [4.69, 9.17) is 4.43 Å². The SMILES string of the molecule is Cc1nn(C)c2ccc(O[Si](C)(C)C(C)(C)C)cc12. The number of aryl methyl sites for hydroxylation is 2. The van der Waals surface area contributed by atoms with Crippen molar-refractivity contribution < 1.29 is 4.43 Å². The lowest BCUT2D eigenvalue weighted by molar-refractivity contribution is 0.493. The average molecular weight is 276 g/mol. The van der Waals surface area contributed by atoms with Crippen LogP contribution >= 0.6 is 0 Å². The number of hydrogen-bond donors (Lipinski definition) is 0. The fourth-order valence-electron chi connectivity index (χ4n) is 1.93. The Hall–Kier alpha value is -1.29. The molecule has 104 valence electrons. The fourth-order valence-corrected chi connectivity index (χ4v) is 2.95. The molecule has 0 amide bonds. The van der Waals surface area contributed by atoms with Gasteiger partial charge in [0.1, 0.15) is 5.75 Å².